The lowest BCUT2D eigenvalue weighted by molar-refractivity contribution is -0.143. The molecule has 136 valence electrons. The van der Waals surface area contributed by atoms with Gasteiger partial charge in [-0.1, -0.05) is 0 Å². The SMILES string of the molecule is COCCOC(=O)C=CC(=O)OCC1CCC(COC(C)=O)CC1. The van der Waals surface area contributed by atoms with Crippen LogP contribution in [-0.4, -0.2) is 51.4 Å². The van der Waals surface area contributed by atoms with Crippen LogP contribution in [0.4, 0.5) is 0 Å². The summed E-state index contributed by atoms with van der Waals surface area (Å²) >= 11 is 0. The van der Waals surface area contributed by atoms with E-state index in [1.165, 1.54) is 14.0 Å². The van der Waals surface area contributed by atoms with Gasteiger partial charge in [-0.05, 0) is 37.5 Å². The summed E-state index contributed by atoms with van der Waals surface area (Å²) in [6.07, 6.45) is 5.90. The molecule has 0 unspecified atom stereocenters. The maximum Gasteiger partial charge on any atom is 0.331 e. The van der Waals surface area contributed by atoms with Crippen molar-refractivity contribution in [2.75, 3.05) is 33.5 Å². The number of esters is 3. The normalized spacial score (nSPS) is 20.6. The van der Waals surface area contributed by atoms with E-state index in [0.717, 1.165) is 37.8 Å². The molecule has 1 aliphatic carbocycles. The molecule has 0 radical (unpaired) electrons. The molecule has 1 fully saturated rings. The molecule has 0 spiro atoms. The number of rotatable bonds is 9. The Bertz CT molecular complexity index is 436. The molecular formula is C17H26O7. The first kappa shape index (κ1) is 20.2. The summed E-state index contributed by atoms with van der Waals surface area (Å²) in [6, 6.07) is 0. The van der Waals surface area contributed by atoms with Crippen LogP contribution in [0.5, 0.6) is 0 Å². The van der Waals surface area contributed by atoms with Crippen molar-refractivity contribution in [3.63, 3.8) is 0 Å². The molecule has 0 saturated heterocycles. The number of hydrogen-bond acceptors (Lipinski definition) is 7. The predicted molar refractivity (Wildman–Crippen MR) is 85.0 cm³/mol. The van der Waals surface area contributed by atoms with Gasteiger partial charge in [0.15, 0.2) is 0 Å². The fourth-order valence-electron chi connectivity index (χ4n) is 2.46. The molecule has 0 aliphatic heterocycles. The van der Waals surface area contributed by atoms with Crippen LogP contribution >= 0.6 is 0 Å². The highest BCUT2D eigenvalue weighted by atomic mass is 16.6. The maximum atomic E-state index is 11.6. The summed E-state index contributed by atoms with van der Waals surface area (Å²) in [4.78, 5) is 33.6. The quantitative estimate of drug-likeness (QED) is 0.272. The molecule has 7 heteroatoms. The number of ether oxygens (including phenoxy) is 4. The molecule has 24 heavy (non-hydrogen) atoms. The second-order valence-corrected chi connectivity index (χ2v) is 5.81. The van der Waals surface area contributed by atoms with E-state index in [9.17, 15) is 14.4 Å². The van der Waals surface area contributed by atoms with Gasteiger partial charge < -0.3 is 18.9 Å². The molecule has 0 N–H and O–H groups in total. The van der Waals surface area contributed by atoms with E-state index in [2.05, 4.69) is 0 Å². The minimum atomic E-state index is -0.602. The van der Waals surface area contributed by atoms with Crippen molar-refractivity contribution < 1.29 is 33.3 Å². The third-order valence-electron chi connectivity index (χ3n) is 3.84. The van der Waals surface area contributed by atoms with Gasteiger partial charge in [0.1, 0.15) is 6.61 Å². The Hall–Kier alpha value is -1.89. The summed E-state index contributed by atoms with van der Waals surface area (Å²) < 4.78 is 19.7. The number of carbonyl (C=O) groups excluding carboxylic acids is 3. The van der Waals surface area contributed by atoms with E-state index >= 15 is 0 Å². The van der Waals surface area contributed by atoms with E-state index in [1.807, 2.05) is 0 Å². The zero-order valence-corrected chi connectivity index (χ0v) is 14.3. The summed E-state index contributed by atoms with van der Waals surface area (Å²) in [5, 5.41) is 0. The lowest BCUT2D eigenvalue weighted by Crippen LogP contribution is -2.23. The monoisotopic (exact) mass is 342 g/mol. The van der Waals surface area contributed by atoms with E-state index < -0.39 is 11.9 Å². The van der Waals surface area contributed by atoms with Gasteiger partial charge in [0, 0.05) is 26.2 Å². The predicted octanol–water partition coefficient (Wildman–Crippen LogP) is 1.64. The molecule has 0 aromatic carbocycles. The number of methoxy groups -OCH3 is 1. The van der Waals surface area contributed by atoms with E-state index in [-0.39, 0.29) is 12.6 Å². The fourth-order valence-corrected chi connectivity index (χ4v) is 2.46. The first-order chi connectivity index (χ1) is 11.5. The minimum Gasteiger partial charge on any atom is -0.466 e. The summed E-state index contributed by atoms with van der Waals surface area (Å²) in [5.74, 6) is -0.707. The van der Waals surface area contributed by atoms with Crippen molar-refractivity contribution in [1.29, 1.82) is 0 Å². The van der Waals surface area contributed by atoms with Crippen molar-refractivity contribution in [2.45, 2.75) is 32.6 Å². The first-order valence-corrected chi connectivity index (χ1v) is 8.15. The Morgan fingerprint density at radius 1 is 0.833 bits per heavy atom. The molecule has 0 aromatic heterocycles. The lowest BCUT2D eigenvalue weighted by atomic mass is 9.83. The molecule has 1 rings (SSSR count). The highest BCUT2D eigenvalue weighted by Crippen LogP contribution is 2.29. The Kier molecular flexibility index (Phi) is 9.76. The summed E-state index contributed by atoms with van der Waals surface area (Å²) in [7, 11) is 1.50. The van der Waals surface area contributed by atoms with Crippen molar-refractivity contribution >= 4 is 17.9 Å². The molecule has 1 saturated carbocycles. The third kappa shape index (κ3) is 9.29. The molecule has 7 nitrogen and oxygen atoms in total. The van der Waals surface area contributed by atoms with Crippen LogP contribution in [0.25, 0.3) is 0 Å². The van der Waals surface area contributed by atoms with Crippen LogP contribution in [0.15, 0.2) is 12.2 Å². The summed E-state index contributed by atoms with van der Waals surface area (Å²) in [5.41, 5.74) is 0. The van der Waals surface area contributed by atoms with Gasteiger partial charge in [0.05, 0.1) is 19.8 Å². The Balaban J connectivity index is 2.15. The lowest BCUT2D eigenvalue weighted by Gasteiger charge is -2.27. The topological polar surface area (TPSA) is 88.1 Å². The van der Waals surface area contributed by atoms with Gasteiger partial charge in [0.25, 0.3) is 0 Å². The second-order valence-electron chi connectivity index (χ2n) is 5.81. The van der Waals surface area contributed by atoms with E-state index in [1.54, 1.807) is 0 Å². The standard InChI is InChI=1S/C17H26O7/c1-13(18)23-11-14-3-5-15(6-4-14)12-24-17(20)8-7-16(19)22-10-9-21-2/h7-8,14-15H,3-6,9-12H2,1-2H3. The highest BCUT2D eigenvalue weighted by molar-refractivity contribution is 5.91. The van der Waals surface area contributed by atoms with Gasteiger partial charge in [-0.3, -0.25) is 4.79 Å². The number of hydrogen-bond donors (Lipinski definition) is 0. The third-order valence-corrected chi connectivity index (χ3v) is 3.84. The summed E-state index contributed by atoms with van der Waals surface area (Å²) in [6.45, 7) is 2.67. The Labute approximate surface area is 142 Å². The van der Waals surface area contributed by atoms with Crippen molar-refractivity contribution in [2.24, 2.45) is 11.8 Å². The van der Waals surface area contributed by atoms with Gasteiger partial charge in [-0.15, -0.1) is 0 Å². The van der Waals surface area contributed by atoms with Crippen LogP contribution in [0.3, 0.4) is 0 Å². The van der Waals surface area contributed by atoms with Crippen molar-refractivity contribution in [3.05, 3.63) is 12.2 Å². The average molecular weight is 342 g/mol. The zero-order chi connectivity index (χ0) is 17.8. The zero-order valence-electron chi connectivity index (χ0n) is 14.3. The average Bonchev–Trinajstić information content (AvgIpc) is 2.57. The largest absolute Gasteiger partial charge is 0.466 e. The highest BCUT2D eigenvalue weighted by Gasteiger charge is 2.22. The second kappa shape index (κ2) is 11.6. The van der Waals surface area contributed by atoms with Crippen molar-refractivity contribution in [3.8, 4) is 0 Å². The maximum absolute atomic E-state index is 11.6. The van der Waals surface area contributed by atoms with E-state index in [4.69, 9.17) is 18.9 Å². The van der Waals surface area contributed by atoms with Crippen LogP contribution in [0, 0.1) is 11.8 Å². The first-order valence-electron chi connectivity index (χ1n) is 8.15. The molecule has 0 bridgehead atoms. The van der Waals surface area contributed by atoms with Gasteiger partial charge in [-0.25, -0.2) is 9.59 Å². The molecule has 0 heterocycles. The van der Waals surface area contributed by atoms with E-state index in [0.29, 0.717) is 31.7 Å². The number of carbonyl (C=O) groups is 3. The smallest absolute Gasteiger partial charge is 0.331 e. The van der Waals surface area contributed by atoms with Gasteiger partial charge >= 0.3 is 17.9 Å². The fraction of sp³-hybridized carbons (Fsp3) is 0.706. The van der Waals surface area contributed by atoms with Crippen LogP contribution in [0.2, 0.25) is 0 Å². The molecule has 0 atom stereocenters. The van der Waals surface area contributed by atoms with Crippen LogP contribution < -0.4 is 0 Å². The van der Waals surface area contributed by atoms with Crippen LogP contribution in [0.1, 0.15) is 32.6 Å². The molecule has 0 amide bonds. The molecule has 0 aromatic rings. The van der Waals surface area contributed by atoms with Crippen molar-refractivity contribution in [1.82, 2.24) is 0 Å². The Morgan fingerprint density at radius 2 is 1.33 bits per heavy atom. The van der Waals surface area contributed by atoms with Crippen LogP contribution in [-0.2, 0) is 33.3 Å². The van der Waals surface area contributed by atoms with Gasteiger partial charge in [0.2, 0.25) is 0 Å². The van der Waals surface area contributed by atoms with Gasteiger partial charge in [-0.2, -0.15) is 0 Å². The molecule has 1 aliphatic rings. The molecular weight excluding hydrogens is 316 g/mol. The minimum absolute atomic E-state index is 0.144. The Morgan fingerprint density at radius 3 is 1.83 bits per heavy atom.